The van der Waals surface area contributed by atoms with Gasteiger partial charge in [-0.2, -0.15) is 0 Å². The Balaban J connectivity index is 1.52. The van der Waals surface area contributed by atoms with Crippen molar-refractivity contribution in [2.45, 2.75) is 31.3 Å². The number of imide groups is 1. The largest absolute Gasteiger partial charge is 0.482 e. The highest BCUT2D eigenvalue weighted by molar-refractivity contribution is 6.07. The number of fused-ring (bicyclic) bond motifs is 1. The number of likely N-dealkylation sites (tertiary alicyclic amines) is 1. The number of anilines is 2. The number of nitrogens with zero attached hydrogens (tertiary/aromatic N) is 1. The lowest BCUT2D eigenvalue weighted by Crippen LogP contribution is -2.36. The van der Waals surface area contributed by atoms with E-state index in [9.17, 15) is 14.4 Å². The van der Waals surface area contributed by atoms with E-state index in [1.807, 2.05) is 0 Å². The molecule has 1 atom stereocenters. The quantitative estimate of drug-likeness (QED) is 0.803. The molecule has 2 N–H and O–H groups in total. The Morgan fingerprint density at radius 1 is 1.23 bits per heavy atom. The summed E-state index contributed by atoms with van der Waals surface area (Å²) in [7, 11) is 0. The van der Waals surface area contributed by atoms with Crippen LogP contribution in [0.1, 0.15) is 19.3 Å². The van der Waals surface area contributed by atoms with Crippen LogP contribution in [0.25, 0.3) is 0 Å². The zero-order chi connectivity index (χ0) is 15.3. The van der Waals surface area contributed by atoms with Crippen LogP contribution in [0.2, 0.25) is 0 Å². The van der Waals surface area contributed by atoms with Gasteiger partial charge in [0.1, 0.15) is 11.8 Å². The molecule has 0 spiro atoms. The Hall–Kier alpha value is -2.57. The molecule has 1 aromatic carbocycles. The molecule has 7 nitrogen and oxygen atoms in total. The van der Waals surface area contributed by atoms with Gasteiger partial charge < -0.3 is 15.4 Å². The third-order valence-electron chi connectivity index (χ3n) is 4.05. The Kier molecular flexibility index (Phi) is 2.82. The fourth-order valence-electron chi connectivity index (χ4n) is 2.85. The number of ether oxygens (including phenoxy) is 1. The lowest BCUT2D eigenvalue weighted by atomic mass is 10.2. The average molecular weight is 301 g/mol. The molecule has 1 saturated carbocycles. The van der Waals surface area contributed by atoms with Gasteiger partial charge in [0.05, 0.1) is 12.1 Å². The molecule has 2 heterocycles. The minimum Gasteiger partial charge on any atom is -0.482 e. The van der Waals surface area contributed by atoms with Crippen LogP contribution in [-0.2, 0) is 14.4 Å². The minimum absolute atomic E-state index is 0.00569. The van der Waals surface area contributed by atoms with E-state index in [-0.39, 0.29) is 36.8 Å². The van der Waals surface area contributed by atoms with E-state index < -0.39 is 6.04 Å². The summed E-state index contributed by atoms with van der Waals surface area (Å²) in [4.78, 5) is 37.0. The molecule has 1 unspecified atom stereocenters. The molecule has 3 aliphatic rings. The lowest BCUT2D eigenvalue weighted by molar-refractivity contribution is -0.139. The van der Waals surface area contributed by atoms with Crippen LogP contribution in [0.4, 0.5) is 11.4 Å². The van der Waals surface area contributed by atoms with Crippen LogP contribution in [0, 0.1) is 0 Å². The van der Waals surface area contributed by atoms with Crippen molar-refractivity contribution in [2.24, 2.45) is 0 Å². The summed E-state index contributed by atoms with van der Waals surface area (Å²) in [5, 5.41) is 5.80. The second kappa shape index (κ2) is 4.72. The molecule has 2 fully saturated rings. The molecule has 4 rings (SSSR count). The van der Waals surface area contributed by atoms with Crippen molar-refractivity contribution in [1.82, 2.24) is 4.90 Å². The molecule has 22 heavy (non-hydrogen) atoms. The zero-order valence-electron chi connectivity index (χ0n) is 11.8. The van der Waals surface area contributed by atoms with Gasteiger partial charge >= 0.3 is 0 Å². The number of carbonyl (C=O) groups is 3. The van der Waals surface area contributed by atoms with Gasteiger partial charge in [-0.3, -0.25) is 19.3 Å². The highest BCUT2D eigenvalue weighted by Crippen LogP contribution is 2.34. The molecule has 7 heteroatoms. The van der Waals surface area contributed by atoms with Crippen LogP contribution >= 0.6 is 0 Å². The van der Waals surface area contributed by atoms with Crippen molar-refractivity contribution in [3.05, 3.63) is 18.2 Å². The summed E-state index contributed by atoms with van der Waals surface area (Å²) in [5.41, 5.74) is 1.24. The van der Waals surface area contributed by atoms with Crippen molar-refractivity contribution in [3.8, 4) is 5.75 Å². The van der Waals surface area contributed by atoms with Crippen molar-refractivity contribution in [2.75, 3.05) is 17.2 Å². The van der Waals surface area contributed by atoms with Crippen LogP contribution in [0.15, 0.2) is 18.2 Å². The van der Waals surface area contributed by atoms with Crippen LogP contribution in [0.3, 0.4) is 0 Å². The highest BCUT2D eigenvalue weighted by atomic mass is 16.5. The second-order valence-electron chi connectivity index (χ2n) is 5.78. The van der Waals surface area contributed by atoms with E-state index >= 15 is 0 Å². The summed E-state index contributed by atoms with van der Waals surface area (Å²) in [5.74, 6) is 0.111. The van der Waals surface area contributed by atoms with Gasteiger partial charge in [-0.15, -0.1) is 0 Å². The van der Waals surface area contributed by atoms with Crippen molar-refractivity contribution in [3.63, 3.8) is 0 Å². The van der Waals surface area contributed by atoms with Gasteiger partial charge in [-0.05, 0) is 31.0 Å². The van der Waals surface area contributed by atoms with Gasteiger partial charge in [0, 0.05) is 11.7 Å². The Morgan fingerprint density at radius 3 is 2.82 bits per heavy atom. The van der Waals surface area contributed by atoms with Crippen molar-refractivity contribution in [1.29, 1.82) is 0 Å². The molecular formula is C15H15N3O4. The summed E-state index contributed by atoms with van der Waals surface area (Å²) in [6.45, 7) is 0.00569. The fourth-order valence-corrected chi connectivity index (χ4v) is 2.85. The molecule has 1 aliphatic carbocycles. The van der Waals surface area contributed by atoms with E-state index in [1.54, 1.807) is 18.2 Å². The van der Waals surface area contributed by atoms with E-state index in [0.29, 0.717) is 17.1 Å². The van der Waals surface area contributed by atoms with Crippen LogP contribution in [0.5, 0.6) is 5.75 Å². The molecular weight excluding hydrogens is 286 g/mol. The van der Waals surface area contributed by atoms with E-state index in [1.165, 1.54) is 4.90 Å². The summed E-state index contributed by atoms with van der Waals surface area (Å²) in [6.07, 6.45) is 1.99. The average Bonchev–Trinajstić information content (AvgIpc) is 3.27. The third-order valence-corrected chi connectivity index (χ3v) is 4.05. The maximum absolute atomic E-state index is 12.3. The van der Waals surface area contributed by atoms with Gasteiger partial charge in [0.15, 0.2) is 6.61 Å². The lowest BCUT2D eigenvalue weighted by Gasteiger charge is -2.20. The Bertz CT molecular complexity index is 683. The smallest absolute Gasteiger partial charge is 0.262 e. The Labute approximate surface area is 126 Å². The molecule has 114 valence electrons. The number of nitrogens with one attached hydrogen (secondary N) is 2. The topological polar surface area (TPSA) is 87.7 Å². The second-order valence-corrected chi connectivity index (χ2v) is 5.78. The number of hydrogen-bond acceptors (Lipinski definition) is 5. The molecule has 3 amide bonds. The first-order chi connectivity index (χ1) is 10.6. The first-order valence-electron chi connectivity index (χ1n) is 7.31. The van der Waals surface area contributed by atoms with Gasteiger partial charge in [-0.1, -0.05) is 0 Å². The van der Waals surface area contributed by atoms with Crippen molar-refractivity contribution < 1.29 is 19.1 Å². The summed E-state index contributed by atoms with van der Waals surface area (Å²) >= 11 is 0. The number of benzene rings is 1. The molecule has 0 aromatic heterocycles. The zero-order valence-corrected chi connectivity index (χ0v) is 11.8. The highest BCUT2D eigenvalue weighted by Gasteiger charge is 2.46. The van der Waals surface area contributed by atoms with E-state index in [0.717, 1.165) is 12.8 Å². The fraction of sp³-hybridized carbons (Fsp3) is 0.400. The summed E-state index contributed by atoms with van der Waals surface area (Å²) < 4.78 is 5.29. The van der Waals surface area contributed by atoms with E-state index in [4.69, 9.17) is 4.74 Å². The van der Waals surface area contributed by atoms with Crippen molar-refractivity contribution >= 4 is 29.1 Å². The maximum Gasteiger partial charge on any atom is 0.262 e. The predicted molar refractivity (Wildman–Crippen MR) is 77.5 cm³/mol. The number of carbonyl (C=O) groups excluding carboxylic acids is 3. The maximum atomic E-state index is 12.3. The number of rotatable bonds is 3. The molecule has 0 bridgehead atoms. The third kappa shape index (κ3) is 2.18. The van der Waals surface area contributed by atoms with Gasteiger partial charge in [0.2, 0.25) is 5.91 Å². The first-order valence-corrected chi connectivity index (χ1v) is 7.31. The normalized spacial score (nSPS) is 23.9. The number of hydrogen-bond donors (Lipinski definition) is 2. The molecule has 1 aromatic rings. The van der Waals surface area contributed by atoms with Gasteiger partial charge in [0.25, 0.3) is 11.8 Å². The minimum atomic E-state index is -0.536. The molecule has 1 saturated heterocycles. The SMILES string of the molecule is O=C1COc2ccc(NC3CC(=O)N(C4CC4)C3=O)cc2N1. The number of amides is 3. The molecule has 2 aliphatic heterocycles. The van der Waals surface area contributed by atoms with Crippen LogP contribution < -0.4 is 15.4 Å². The summed E-state index contributed by atoms with van der Waals surface area (Å²) in [6, 6.07) is 4.78. The molecule has 0 radical (unpaired) electrons. The Morgan fingerprint density at radius 2 is 2.05 bits per heavy atom. The van der Waals surface area contributed by atoms with Crippen LogP contribution in [-0.4, -0.2) is 41.3 Å². The van der Waals surface area contributed by atoms with E-state index in [2.05, 4.69) is 10.6 Å². The van der Waals surface area contributed by atoms with Gasteiger partial charge in [-0.25, -0.2) is 0 Å². The predicted octanol–water partition coefficient (Wildman–Crippen LogP) is 0.719. The standard InChI is InChI=1S/C15H15N3O4/c19-13-7-22-12-4-1-8(5-10(12)17-13)16-11-6-14(20)18(15(11)21)9-2-3-9/h1,4-5,9,11,16H,2-3,6-7H2,(H,17,19). The monoisotopic (exact) mass is 301 g/mol. The first kappa shape index (κ1) is 13.1.